The van der Waals surface area contributed by atoms with Gasteiger partial charge in [0, 0.05) is 28.1 Å². The Morgan fingerprint density at radius 3 is 2.00 bits per heavy atom. The van der Waals surface area contributed by atoms with Crippen molar-refractivity contribution in [1.29, 1.82) is 0 Å². The predicted molar refractivity (Wildman–Crippen MR) is 60.1 cm³/mol. The van der Waals surface area contributed by atoms with Crippen LogP contribution in [0.3, 0.4) is 0 Å². The molecule has 0 saturated heterocycles. The van der Waals surface area contributed by atoms with Crippen LogP contribution in [0.1, 0.15) is 32.1 Å². The summed E-state index contributed by atoms with van der Waals surface area (Å²) in [5, 5.41) is 22.4. The summed E-state index contributed by atoms with van der Waals surface area (Å²) in [6.45, 7) is 2.92. The van der Waals surface area contributed by atoms with Gasteiger partial charge in [0.05, 0.1) is 18.2 Å². The SMILES string of the molecule is Cc1nc(C)c(C(=O)[O-])c(-c2ccco2)c1C(=O)[O-]. The minimum absolute atomic E-state index is 0.0741. The summed E-state index contributed by atoms with van der Waals surface area (Å²) in [4.78, 5) is 26.3. The number of rotatable bonds is 3. The Hall–Kier alpha value is -2.63. The fourth-order valence-electron chi connectivity index (χ4n) is 2.02. The molecule has 0 fully saturated rings. The third-order valence-corrected chi connectivity index (χ3v) is 2.73. The number of furan rings is 1. The number of nitrogens with zero attached hydrogens (tertiary/aromatic N) is 1. The molecule has 98 valence electrons. The minimum atomic E-state index is -1.51. The van der Waals surface area contributed by atoms with Gasteiger partial charge in [0.15, 0.2) is 0 Å². The van der Waals surface area contributed by atoms with E-state index in [-0.39, 0.29) is 33.8 Å². The molecule has 2 heterocycles. The molecule has 0 amide bonds. The molecule has 6 heteroatoms. The number of pyridine rings is 1. The number of carbonyl (C=O) groups excluding carboxylic acids is 2. The Kier molecular flexibility index (Phi) is 3.08. The number of carboxylic acid groups (broad SMARTS) is 2. The van der Waals surface area contributed by atoms with Crippen LogP contribution in [0.2, 0.25) is 0 Å². The molecule has 0 radical (unpaired) electrons. The van der Waals surface area contributed by atoms with E-state index in [1.165, 1.54) is 32.2 Å². The second-order valence-electron chi connectivity index (χ2n) is 3.96. The number of carbonyl (C=O) groups is 2. The highest BCUT2D eigenvalue weighted by molar-refractivity contribution is 6.04. The predicted octanol–water partition coefficient (Wildman–Crippen LogP) is -0.315. The molecule has 19 heavy (non-hydrogen) atoms. The van der Waals surface area contributed by atoms with E-state index in [4.69, 9.17) is 4.42 Å². The first kappa shape index (κ1) is 12.8. The zero-order chi connectivity index (χ0) is 14.2. The van der Waals surface area contributed by atoms with Crippen molar-refractivity contribution in [3.63, 3.8) is 0 Å². The average molecular weight is 259 g/mol. The Morgan fingerprint density at radius 2 is 1.63 bits per heavy atom. The van der Waals surface area contributed by atoms with Crippen molar-refractivity contribution in [3.05, 3.63) is 40.9 Å². The van der Waals surface area contributed by atoms with Gasteiger partial charge in [-0.2, -0.15) is 0 Å². The van der Waals surface area contributed by atoms with E-state index in [1.54, 1.807) is 0 Å². The van der Waals surface area contributed by atoms with E-state index >= 15 is 0 Å². The van der Waals surface area contributed by atoms with Gasteiger partial charge in [-0.05, 0) is 26.0 Å². The summed E-state index contributed by atoms with van der Waals surface area (Å²) in [5.74, 6) is -2.91. The molecular formula is C13H9NO5-2. The Balaban J connectivity index is 2.93. The summed E-state index contributed by atoms with van der Waals surface area (Å²) >= 11 is 0. The highest BCUT2D eigenvalue weighted by Crippen LogP contribution is 2.30. The Morgan fingerprint density at radius 1 is 1.11 bits per heavy atom. The maximum absolute atomic E-state index is 11.2. The standard InChI is InChI=1S/C13H11NO5/c1-6-9(12(15)16)11(8-4-3-5-19-8)10(13(17)18)7(2)14-6/h3-5H,1-2H3,(H,15,16)(H,17,18)/p-2. The number of hydrogen-bond donors (Lipinski definition) is 0. The van der Waals surface area contributed by atoms with Gasteiger partial charge in [-0.15, -0.1) is 0 Å². The Labute approximate surface area is 108 Å². The molecule has 0 aromatic carbocycles. The van der Waals surface area contributed by atoms with Gasteiger partial charge in [0.25, 0.3) is 0 Å². The van der Waals surface area contributed by atoms with Crippen LogP contribution in [0.15, 0.2) is 22.8 Å². The molecule has 0 bridgehead atoms. The lowest BCUT2D eigenvalue weighted by molar-refractivity contribution is -0.255. The van der Waals surface area contributed by atoms with Crippen LogP contribution in [-0.2, 0) is 0 Å². The smallest absolute Gasteiger partial charge is 0.135 e. The summed E-state index contributed by atoms with van der Waals surface area (Å²) in [7, 11) is 0. The van der Waals surface area contributed by atoms with Crippen LogP contribution in [0.25, 0.3) is 11.3 Å². The fourth-order valence-corrected chi connectivity index (χ4v) is 2.02. The molecule has 0 atom stereocenters. The summed E-state index contributed by atoms with van der Waals surface area (Å²) in [6.07, 6.45) is 1.32. The molecule has 0 spiro atoms. The third kappa shape index (κ3) is 2.08. The molecule has 0 aliphatic carbocycles. The van der Waals surface area contributed by atoms with Gasteiger partial charge in [-0.1, -0.05) is 0 Å². The molecule has 0 saturated carbocycles. The van der Waals surface area contributed by atoms with E-state index < -0.39 is 11.9 Å². The molecule has 6 nitrogen and oxygen atoms in total. The summed E-state index contributed by atoms with van der Waals surface area (Å²) in [5.41, 5.74) is -0.364. The molecule has 0 unspecified atom stereocenters. The highest BCUT2D eigenvalue weighted by atomic mass is 16.4. The quantitative estimate of drug-likeness (QED) is 0.748. The van der Waals surface area contributed by atoms with Crippen molar-refractivity contribution in [2.45, 2.75) is 13.8 Å². The molecule has 0 N–H and O–H groups in total. The first-order chi connectivity index (χ1) is 8.93. The maximum atomic E-state index is 11.2. The van der Waals surface area contributed by atoms with Crippen molar-refractivity contribution in [1.82, 2.24) is 4.98 Å². The van der Waals surface area contributed by atoms with Crippen molar-refractivity contribution < 1.29 is 24.2 Å². The Bertz CT molecular complexity index is 620. The van der Waals surface area contributed by atoms with Gasteiger partial charge < -0.3 is 24.2 Å². The van der Waals surface area contributed by atoms with Crippen LogP contribution in [0.4, 0.5) is 0 Å². The lowest BCUT2D eigenvalue weighted by atomic mass is 9.96. The summed E-state index contributed by atoms with van der Waals surface area (Å²) in [6, 6.07) is 2.99. The lowest BCUT2D eigenvalue weighted by Crippen LogP contribution is -2.29. The van der Waals surface area contributed by atoms with E-state index in [1.807, 2.05) is 0 Å². The van der Waals surface area contributed by atoms with E-state index in [0.29, 0.717) is 0 Å². The van der Waals surface area contributed by atoms with Crippen LogP contribution in [0.5, 0.6) is 0 Å². The first-order valence-corrected chi connectivity index (χ1v) is 5.41. The van der Waals surface area contributed by atoms with Crippen LogP contribution in [-0.4, -0.2) is 16.9 Å². The topological polar surface area (TPSA) is 106 Å². The average Bonchev–Trinajstić information content (AvgIpc) is 2.79. The number of aryl methyl sites for hydroxylation is 2. The molecule has 0 aliphatic rings. The van der Waals surface area contributed by atoms with Crippen molar-refractivity contribution in [3.8, 4) is 11.3 Å². The molecule has 2 rings (SSSR count). The molecular weight excluding hydrogens is 250 g/mol. The monoisotopic (exact) mass is 259 g/mol. The van der Waals surface area contributed by atoms with Crippen LogP contribution < -0.4 is 10.2 Å². The zero-order valence-corrected chi connectivity index (χ0v) is 10.2. The van der Waals surface area contributed by atoms with Gasteiger partial charge >= 0.3 is 0 Å². The van der Waals surface area contributed by atoms with Gasteiger partial charge in [-0.25, -0.2) is 0 Å². The van der Waals surface area contributed by atoms with Crippen molar-refractivity contribution in [2.75, 3.05) is 0 Å². The van der Waals surface area contributed by atoms with Crippen molar-refractivity contribution >= 4 is 11.9 Å². The van der Waals surface area contributed by atoms with E-state index in [0.717, 1.165) is 0 Å². The number of carboxylic acids is 2. The number of aromatic nitrogens is 1. The summed E-state index contributed by atoms with van der Waals surface area (Å²) < 4.78 is 5.10. The van der Waals surface area contributed by atoms with E-state index in [2.05, 4.69) is 4.98 Å². The number of aromatic carboxylic acids is 2. The van der Waals surface area contributed by atoms with Gasteiger partial charge in [-0.3, -0.25) is 4.98 Å². The van der Waals surface area contributed by atoms with Gasteiger partial charge in [0.2, 0.25) is 0 Å². The zero-order valence-electron chi connectivity index (χ0n) is 10.2. The first-order valence-electron chi connectivity index (χ1n) is 5.41. The molecule has 2 aromatic heterocycles. The van der Waals surface area contributed by atoms with E-state index in [9.17, 15) is 19.8 Å². The maximum Gasteiger partial charge on any atom is 0.135 e. The normalized spacial score (nSPS) is 10.4. The molecule has 2 aromatic rings. The lowest BCUT2D eigenvalue weighted by Gasteiger charge is -2.18. The van der Waals surface area contributed by atoms with Crippen molar-refractivity contribution in [2.24, 2.45) is 0 Å². The molecule has 0 aliphatic heterocycles. The second-order valence-corrected chi connectivity index (χ2v) is 3.96. The van der Waals surface area contributed by atoms with Crippen LogP contribution in [0, 0.1) is 13.8 Å². The fraction of sp³-hybridized carbons (Fsp3) is 0.154. The van der Waals surface area contributed by atoms with Gasteiger partial charge in [0.1, 0.15) is 5.76 Å². The van der Waals surface area contributed by atoms with Crippen LogP contribution >= 0.6 is 0 Å². The minimum Gasteiger partial charge on any atom is -0.545 e. The number of hydrogen-bond acceptors (Lipinski definition) is 6. The largest absolute Gasteiger partial charge is 0.545 e. The third-order valence-electron chi connectivity index (χ3n) is 2.73. The highest BCUT2D eigenvalue weighted by Gasteiger charge is 2.20. The second kappa shape index (κ2) is 4.56.